The molecule has 9 heteroatoms. The molecular weight excluding hydrogens is 421 g/mol. The number of rotatable bonds is 5. The second kappa shape index (κ2) is 9.77. The van der Waals surface area contributed by atoms with Crippen LogP contribution < -0.4 is 10.5 Å². The monoisotopic (exact) mass is 448 g/mol. The van der Waals surface area contributed by atoms with E-state index < -0.39 is 29.3 Å². The molecule has 6 nitrogen and oxygen atoms in total. The van der Waals surface area contributed by atoms with E-state index in [9.17, 15) is 18.0 Å². The first-order valence-electron chi connectivity index (χ1n) is 10.9. The zero-order chi connectivity index (χ0) is 22.7. The number of carbonyl (C=O) groups is 1. The molecule has 4 rings (SSSR count). The minimum Gasteiger partial charge on any atom is -0.484 e. The molecule has 2 saturated heterocycles. The van der Waals surface area contributed by atoms with Gasteiger partial charge >= 0.3 is 0 Å². The fourth-order valence-corrected chi connectivity index (χ4v) is 4.45. The summed E-state index contributed by atoms with van der Waals surface area (Å²) in [7, 11) is 0. The topological polar surface area (TPSA) is 71.7 Å². The zero-order valence-electron chi connectivity index (χ0n) is 17.8. The average Bonchev–Trinajstić information content (AvgIpc) is 2.77. The summed E-state index contributed by atoms with van der Waals surface area (Å²) in [5.41, 5.74) is 6.85. The predicted octanol–water partition coefficient (Wildman–Crippen LogP) is 3.36. The summed E-state index contributed by atoms with van der Waals surface area (Å²) in [6.45, 7) is 3.41. The van der Waals surface area contributed by atoms with E-state index in [1.54, 1.807) is 6.20 Å². The van der Waals surface area contributed by atoms with Gasteiger partial charge in [0.1, 0.15) is 17.7 Å². The number of hydrogen-bond acceptors (Lipinski definition) is 5. The highest BCUT2D eigenvalue weighted by Crippen LogP contribution is 2.28. The van der Waals surface area contributed by atoms with E-state index in [1.165, 1.54) is 0 Å². The third-order valence-corrected chi connectivity index (χ3v) is 6.19. The van der Waals surface area contributed by atoms with E-state index >= 15 is 0 Å². The molecule has 0 saturated carbocycles. The Morgan fingerprint density at radius 2 is 1.69 bits per heavy atom. The Hall–Kier alpha value is -2.81. The van der Waals surface area contributed by atoms with Crippen molar-refractivity contribution >= 4 is 11.7 Å². The van der Waals surface area contributed by atoms with Crippen LogP contribution in [0.4, 0.5) is 19.0 Å². The standard InChI is InChI=1S/C23H27F3N4O2/c24-17-12-19(25)22(20(26)13-17)32-18-4-9-30(10-5-18)23(31)16-2-7-29(8-3-16)14-15-1-6-28-21(27)11-15/h1,6,11-13,16,18H,2-5,7-10,14H2,(H2,27,28). The smallest absolute Gasteiger partial charge is 0.225 e. The van der Waals surface area contributed by atoms with Crippen molar-refractivity contribution in [1.82, 2.24) is 14.8 Å². The van der Waals surface area contributed by atoms with Gasteiger partial charge in [0.15, 0.2) is 17.4 Å². The lowest BCUT2D eigenvalue weighted by molar-refractivity contribution is -0.139. The normalized spacial score (nSPS) is 18.7. The lowest BCUT2D eigenvalue weighted by Gasteiger charge is -2.37. The van der Waals surface area contributed by atoms with Crippen LogP contribution in [0.5, 0.6) is 5.75 Å². The molecule has 1 amide bonds. The van der Waals surface area contributed by atoms with Crippen molar-refractivity contribution in [3.63, 3.8) is 0 Å². The molecule has 0 bridgehead atoms. The Labute approximate surface area is 185 Å². The van der Waals surface area contributed by atoms with Crippen LogP contribution in [0.15, 0.2) is 30.5 Å². The van der Waals surface area contributed by atoms with E-state index in [0.29, 0.717) is 43.9 Å². The number of nitrogen functional groups attached to an aromatic ring is 1. The van der Waals surface area contributed by atoms with Gasteiger partial charge < -0.3 is 15.4 Å². The highest BCUT2D eigenvalue weighted by Gasteiger charge is 2.32. The molecular formula is C23H27F3N4O2. The number of aromatic nitrogens is 1. The molecule has 0 aliphatic carbocycles. The molecule has 0 atom stereocenters. The highest BCUT2D eigenvalue weighted by atomic mass is 19.1. The summed E-state index contributed by atoms with van der Waals surface area (Å²) in [6, 6.07) is 5.02. The van der Waals surface area contributed by atoms with Crippen molar-refractivity contribution in [2.24, 2.45) is 5.92 Å². The first kappa shape index (κ1) is 22.4. The Bertz CT molecular complexity index is 935. The molecule has 32 heavy (non-hydrogen) atoms. The Balaban J connectivity index is 1.24. The maximum atomic E-state index is 13.8. The van der Waals surface area contributed by atoms with Gasteiger partial charge in [-0.05, 0) is 43.6 Å². The largest absolute Gasteiger partial charge is 0.484 e. The minimum absolute atomic E-state index is 0.0155. The van der Waals surface area contributed by atoms with Crippen molar-refractivity contribution < 1.29 is 22.7 Å². The van der Waals surface area contributed by atoms with Crippen LogP contribution in [0.25, 0.3) is 0 Å². The third kappa shape index (κ3) is 5.32. The summed E-state index contributed by atoms with van der Waals surface area (Å²) in [5.74, 6) is -3.02. The van der Waals surface area contributed by atoms with Crippen molar-refractivity contribution in [3.05, 3.63) is 53.5 Å². The molecule has 2 aliphatic heterocycles. The van der Waals surface area contributed by atoms with Crippen LogP contribution in [-0.2, 0) is 11.3 Å². The van der Waals surface area contributed by atoms with Crippen molar-refractivity contribution in [3.8, 4) is 5.75 Å². The van der Waals surface area contributed by atoms with Crippen LogP contribution in [0.2, 0.25) is 0 Å². The number of likely N-dealkylation sites (tertiary alicyclic amines) is 2. The third-order valence-electron chi connectivity index (χ3n) is 6.19. The van der Waals surface area contributed by atoms with E-state index in [4.69, 9.17) is 10.5 Å². The molecule has 2 aliphatic rings. The van der Waals surface area contributed by atoms with Gasteiger partial charge in [-0.25, -0.2) is 18.2 Å². The summed E-state index contributed by atoms with van der Waals surface area (Å²) in [5, 5.41) is 0. The number of carbonyl (C=O) groups excluding carboxylic acids is 1. The SMILES string of the molecule is Nc1cc(CN2CCC(C(=O)N3CCC(Oc4c(F)cc(F)cc4F)CC3)CC2)ccn1. The number of nitrogens with two attached hydrogens (primary N) is 1. The lowest BCUT2D eigenvalue weighted by atomic mass is 9.94. The molecule has 0 unspecified atom stereocenters. The van der Waals surface area contributed by atoms with Crippen LogP contribution >= 0.6 is 0 Å². The minimum atomic E-state index is -1.05. The number of piperidine rings is 2. The van der Waals surface area contributed by atoms with E-state index in [2.05, 4.69) is 9.88 Å². The molecule has 3 heterocycles. The predicted molar refractivity (Wildman–Crippen MR) is 113 cm³/mol. The van der Waals surface area contributed by atoms with E-state index in [0.717, 1.165) is 38.0 Å². The second-order valence-corrected chi connectivity index (χ2v) is 8.48. The fourth-order valence-electron chi connectivity index (χ4n) is 4.45. The summed E-state index contributed by atoms with van der Waals surface area (Å²) < 4.78 is 46.2. The van der Waals surface area contributed by atoms with Gasteiger partial charge in [-0.1, -0.05) is 0 Å². The molecule has 1 aromatic heterocycles. The molecule has 0 spiro atoms. The number of nitrogens with zero attached hydrogens (tertiary/aromatic N) is 3. The van der Waals surface area contributed by atoms with Crippen LogP contribution in [0.1, 0.15) is 31.2 Å². The fraction of sp³-hybridized carbons (Fsp3) is 0.478. The quantitative estimate of drug-likeness (QED) is 0.760. The maximum Gasteiger partial charge on any atom is 0.225 e. The van der Waals surface area contributed by atoms with E-state index in [-0.39, 0.29) is 11.8 Å². The number of ether oxygens (including phenoxy) is 1. The van der Waals surface area contributed by atoms with Crippen molar-refractivity contribution in [2.75, 3.05) is 31.9 Å². The van der Waals surface area contributed by atoms with Crippen molar-refractivity contribution in [2.45, 2.75) is 38.3 Å². The van der Waals surface area contributed by atoms with E-state index in [1.807, 2.05) is 17.0 Å². The van der Waals surface area contributed by atoms with Crippen LogP contribution in [0.3, 0.4) is 0 Å². The van der Waals surface area contributed by atoms with Gasteiger partial charge in [0.05, 0.1) is 0 Å². The van der Waals surface area contributed by atoms with Crippen molar-refractivity contribution in [1.29, 1.82) is 0 Å². The zero-order valence-corrected chi connectivity index (χ0v) is 17.8. The number of hydrogen-bond donors (Lipinski definition) is 1. The molecule has 1 aromatic carbocycles. The Morgan fingerprint density at radius 3 is 2.31 bits per heavy atom. The first-order valence-corrected chi connectivity index (χ1v) is 10.9. The number of benzene rings is 1. The van der Waals surface area contributed by atoms with Gasteiger partial charge in [-0.15, -0.1) is 0 Å². The maximum absolute atomic E-state index is 13.8. The van der Waals surface area contributed by atoms with Gasteiger partial charge in [0, 0.05) is 56.7 Å². The molecule has 0 radical (unpaired) electrons. The molecule has 2 N–H and O–H groups in total. The molecule has 2 aromatic rings. The van der Waals surface area contributed by atoms with Gasteiger partial charge in [0.2, 0.25) is 5.91 Å². The molecule has 172 valence electrons. The van der Waals surface area contributed by atoms with Gasteiger partial charge in [0.25, 0.3) is 0 Å². The Kier molecular flexibility index (Phi) is 6.83. The number of amides is 1. The van der Waals surface area contributed by atoms with Crippen LogP contribution in [-0.4, -0.2) is 53.0 Å². The summed E-state index contributed by atoms with van der Waals surface area (Å²) in [4.78, 5) is 21.1. The average molecular weight is 448 g/mol. The second-order valence-electron chi connectivity index (χ2n) is 8.48. The van der Waals surface area contributed by atoms with Gasteiger partial charge in [-0.2, -0.15) is 0 Å². The Morgan fingerprint density at radius 1 is 1.03 bits per heavy atom. The molecule has 2 fully saturated rings. The lowest BCUT2D eigenvalue weighted by Crippen LogP contribution is -2.47. The highest BCUT2D eigenvalue weighted by molar-refractivity contribution is 5.79. The summed E-state index contributed by atoms with van der Waals surface area (Å²) in [6.07, 6.45) is 3.83. The van der Waals surface area contributed by atoms with Gasteiger partial charge in [-0.3, -0.25) is 9.69 Å². The first-order chi connectivity index (χ1) is 15.4. The number of anilines is 1. The summed E-state index contributed by atoms with van der Waals surface area (Å²) >= 11 is 0. The van der Waals surface area contributed by atoms with Crippen LogP contribution in [0, 0.1) is 23.4 Å². The number of pyridine rings is 1. The number of halogens is 3.